The first-order valence-corrected chi connectivity index (χ1v) is 21.3. The van der Waals surface area contributed by atoms with Gasteiger partial charge in [-0.15, -0.1) is 0 Å². The van der Waals surface area contributed by atoms with Crippen molar-refractivity contribution >= 4 is 19.8 Å². The minimum Gasteiger partial charge on any atom is -0.462 e. The van der Waals surface area contributed by atoms with E-state index in [2.05, 4.69) is 80.7 Å². The van der Waals surface area contributed by atoms with Crippen LogP contribution in [0.5, 0.6) is 0 Å². The molecule has 306 valence electrons. The van der Waals surface area contributed by atoms with E-state index in [1.807, 2.05) is 24.3 Å². The standard InChI is InChI=1S/C43H70NO9P/c1-3-5-7-9-11-12-13-14-15-16-17-18-19-20-22-26-30-34-42(46)50-38-41(39-52-54(48,49)51-37-36-44)53-43(47)35-31-27-23-25-29-33-40(45)32-28-24-21-10-8-6-4-2/h5-8,11-12,14-15,17-18,20-22,24,28,32,40-41,45H,3-4,9-10,13,16,19,23,25-27,29-31,33-39,44H2,1-2H3,(H,48,49)/b7-5-,8-6+,12-11-,15-14-,18-17-,22-20-,24-21+,32-28+/t40?,41-/m1/s1. The van der Waals surface area contributed by atoms with Gasteiger partial charge in [0.05, 0.1) is 19.3 Å². The number of aliphatic hydroxyl groups is 1. The second kappa shape index (κ2) is 38.2. The third-order valence-corrected chi connectivity index (χ3v) is 8.55. The van der Waals surface area contributed by atoms with E-state index in [-0.39, 0.29) is 32.6 Å². The Hall–Kier alpha value is -3.11. The molecule has 0 aliphatic rings. The highest BCUT2D eigenvalue weighted by Gasteiger charge is 2.25. The third kappa shape index (κ3) is 37.2. The molecule has 3 atom stereocenters. The van der Waals surface area contributed by atoms with E-state index < -0.39 is 38.6 Å². The predicted octanol–water partition coefficient (Wildman–Crippen LogP) is 10.0. The molecule has 0 amide bonds. The molecule has 54 heavy (non-hydrogen) atoms. The smallest absolute Gasteiger partial charge is 0.462 e. The van der Waals surface area contributed by atoms with Gasteiger partial charge < -0.3 is 25.2 Å². The molecular weight excluding hydrogens is 705 g/mol. The zero-order chi connectivity index (χ0) is 39.8. The number of allylic oxidation sites excluding steroid dienone is 15. The molecule has 0 aliphatic heterocycles. The van der Waals surface area contributed by atoms with E-state index in [1.165, 1.54) is 0 Å². The number of phosphoric acid groups is 1. The number of rotatable bonds is 35. The summed E-state index contributed by atoms with van der Waals surface area (Å²) in [4.78, 5) is 34.8. The van der Waals surface area contributed by atoms with Crippen molar-refractivity contribution in [2.45, 2.75) is 135 Å². The Morgan fingerprint density at radius 1 is 0.648 bits per heavy atom. The van der Waals surface area contributed by atoms with Gasteiger partial charge in [-0.25, -0.2) is 4.57 Å². The van der Waals surface area contributed by atoms with E-state index in [1.54, 1.807) is 6.08 Å². The number of hydrogen-bond donors (Lipinski definition) is 3. The monoisotopic (exact) mass is 775 g/mol. The van der Waals surface area contributed by atoms with Crippen molar-refractivity contribution in [1.82, 2.24) is 0 Å². The Bertz CT molecular complexity index is 1220. The molecule has 0 saturated carbocycles. The van der Waals surface area contributed by atoms with Gasteiger partial charge in [0, 0.05) is 19.4 Å². The lowest BCUT2D eigenvalue weighted by Gasteiger charge is -2.19. The number of nitrogens with two attached hydrogens (primary N) is 1. The molecule has 0 aromatic rings. The van der Waals surface area contributed by atoms with Crippen LogP contribution in [0.2, 0.25) is 0 Å². The third-order valence-electron chi connectivity index (χ3n) is 7.57. The van der Waals surface area contributed by atoms with E-state index in [4.69, 9.17) is 24.3 Å². The molecule has 0 saturated heterocycles. The quantitative estimate of drug-likeness (QED) is 0.0186. The van der Waals surface area contributed by atoms with Gasteiger partial charge in [-0.2, -0.15) is 0 Å². The molecule has 10 nitrogen and oxygen atoms in total. The van der Waals surface area contributed by atoms with Crippen LogP contribution < -0.4 is 5.73 Å². The van der Waals surface area contributed by atoms with Crippen molar-refractivity contribution < 1.29 is 42.7 Å². The highest BCUT2D eigenvalue weighted by atomic mass is 31.2. The van der Waals surface area contributed by atoms with Crippen molar-refractivity contribution in [3.63, 3.8) is 0 Å². The van der Waals surface area contributed by atoms with Crippen LogP contribution in [0.3, 0.4) is 0 Å². The number of carbonyl (C=O) groups excluding carboxylic acids is 2. The molecule has 11 heteroatoms. The number of esters is 2. The van der Waals surface area contributed by atoms with Gasteiger partial charge in [0.25, 0.3) is 0 Å². The molecule has 4 N–H and O–H groups in total. The lowest BCUT2D eigenvalue weighted by atomic mass is 10.1. The molecule has 0 radical (unpaired) electrons. The van der Waals surface area contributed by atoms with Crippen molar-refractivity contribution in [3.8, 4) is 0 Å². The van der Waals surface area contributed by atoms with Crippen LogP contribution >= 0.6 is 7.82 Å². The first kappa shape index (κ1) is 50.9. The van der Waals surface area contributed by atoms with E-state index in [9.17, 15) is 24.2 Å². The summed E-state index contributed by atoms with van der Waals surface area (Å²) in [5.74, 6) is -0.987. The molecule has 0 fully saturated rings. The average molecular weight is 776 g/mol. The maximum atomic E-state index is 12.6. The van der Waals surface area contributed by atoms with Crippen molar-refractivity contribution in [2.75, 3.05) is 26.4 Å². The van der Waals surface area contributed by atoms with Gasteiger partial charge in [-0.05, 0) is 70.6 Å². The normalized spacial score (nSPS) is 15.0. The van der Waals surface area contributed by atoms with Crippen molar-refractivity contribution in [2.24, 2.45) is 5.73 Å². The zero-order valence-corrected chi connectivity index (χ0v) is 33.9. The van der Waals surface area contributed by atoms with E-state index >= 15 is 0 Å². The predicted molar refractivity (Wildman–Crippen MR) is 221 cm³/mol. The van der Waals surface area contributed by atoms with E-state index in [0.717, 1.165) is 70.6 Å². The zero-order valence-electron chi connectivity index (χ0n) is 33.0. The molecule has 0 heterocycles. The van der Waals surface area contributed by atoms with Crippen LogP contribution in [0.1, 0.15) is 123 Å². The number of ether oxygens (including phenoxy) is 2. The van der Waals surface area contributed by atoms with Gasteiger partial charge in [0.15, 0.2) is 6.10 Å². The summed E-state index contributed by atoms with van der Waals surface area (Å²) in [6.07, 6.45) is 44.7. The Kier molecular flexibility index (Phi) is 36.0. The fourth-order valence-corrected chi connectivity index (χ4v) is 5.44. The second-order valence-corrected chi connectivity index (χ2v) is 14.0. The molecule has 0 bridgehead atoms. The Balaban J connectivity index is 4.42. The van der Waals surface area contributed by atoms with Crippen LogP contribution in [-0.4, -0.2) is 60.5 Å². The summed E-state index contributed by atoms with van der Waals surface area (Å²) in [5, 5.41) is 10.1. The fourth-order valence-electron chi connectivity index (χ4n) is 4.67. The summed E-state index contributed by atoms with van der Waals surface area (Å²) in [7, 11) is -4.42. The molecule has 0 aromatic heterocycles. The fraction of sp³-hybridized carbons (Fsp3) is 0.581. The van der Waals surface area contributed by atoms with Crippen LogP contribution in [0, 0.1) is 0 Å². The Morgan fingerprint density at radius 2 is 1.19 bits per heavy atom. The SMILES string of the molecule is CC/C=C\C/C=C\C/C=C\C/C=C\C/C=C\CCCC(=O)OC[C@H](COP(=O)(O)OCCN)OC(=O)CCCCCCCC(O)/C=C/C=C/C/C=C/CC. The highest BCUT2D eigenvalue weighted by Crippen LogP contribution is 2.43. The van der Waals surface area contributed by atoms with E-state index in [0.29, 0.717) is 25.7 Å². The molecule has 0 spiro atoms. The molecular formula is C43H70NO9P. The number of hydrogen-bond acceptors (Lipinski definition) is 9. The number of unbranched alkanes of at least 4 members (excludes halogenated alkanes) is 5. The first-order valence-electron chi connectivity index (χ1n) is 19.8. The second-order valence-electron chi connectivity index (χ2n) is 12.6. The number of carbonyl (C=O) groups is 2. The highest BCUT2D eigenvalue weighted by molar-refractivity contribution is 7.47. The minimum absolute atomic E-state index is 0.0240. The van der Waals surface area contributed by atoms with Gasteiger partial charge in [0.1, 0.15) is 6.61 Å². The van der Waals surface area contributed by atoms with Gasteiger partial charge in [-0.3, -0.25) is 18.6 Å². The summed E-state index contributed by atoms with van der Waals surface area (Å²) in [6.45, 7) is 3.27. The summed E-state index contributed by atoms with van der Waals surface area (Å²) >= 11 is 0. The Morgan fingerprint density at radius 3 is 1.80 bits per heavy atom. The van der Waals surface area contributed by atoms with Crippen molar-refractivity contribution in [3.05, 3.63) is 97.2 Å². The molecule has 0 aromatic carbocycles. The summed E-state index contributed by atoms with van der Waals surface area (Å²) in [5.41, 5.74) is 5.33. The van der Waals surface area contributed by atoms with Gasteiger partial charge in [0.2, 0.25) is 0 Å². The van der Waals surface area contributed by atoms with Crippen LogP contribution in [0.15, 0.2) is 97.2 Å². The summed E-state index contributed by atoms with van der Waals surface area (Å²) in [6, 6.07) is 0. The van der Waals surface area contributed by atoms with Gasteiger partial charge >= 0.3 is 19.8 Å². The summed E-state index contributed by atoms with van der Waals surface area (Å²) < 4.78 is 32.6. The number of aliphatic hydroxyl groups excluding tert-OH is 1. The van der Waals surface area contributed by atoms with Crippen LogP contribution in [-0.2, 0) is 32.7 Å². The maximum absolute atomic E-state index is 12.6. The molecule has 2 unspecified atom stereocenters. The lowest BCUT2D eigenvalue weighted by molar-refractivity contribution is -0.161. The lowest BCUT2D eigenvalue weighted by Crippen LogP contribution is -2.29. The minimum atomic E-state index is -4.42. The molecule has 0 rings (SSSR count). The van der Waals surface area contributed by atoms with Crippen molar-refractivity contribution in [1.29, 1.82) is 0 Å². The Labute approximate surface area is 326 Å². The maximum Gasteiger partial charge on any atom is 0.472 e. The number of phosphoric ester groups is 1. The topological polar surface area (TPSA) is 155 Å². The first-order chi connectivity index (χ1) is 26.2. The average Bonchev–Trinajstić information content (AvgIpc) is 3.15. The van der Waals surface area contributed by atoms with Crippen LogP contribution in [0.25, 0.3) is 0 Å². The van der Waals surface area contributed by atoms with Crippen LogP contribution in [0.4, 0.5) is 0 Å². The largest absolute Gasteiger partial charge is 0.472 e. The molecule has 0 aliphatic carbocycles. The van der Waals surface area contributed by atoms with Gasteiger partial charge in [-0.1, -0.05) is 137 Å².